The van der Waals surface area contributed by atoms with Crippen molar-refractivity contribution in [1.29, 1.82) is 0 Å². The SMILES string of the molecule is O=C(CCCCCNC(c1ccccc1)(c1ccccc1)c1ccccc1)Nc1nc(C(=O)O)cs1. The van der Waals surface area contributed by atoms with Crippen LogP contribution in [0.4, 0.5) is 5.13 Å². The molecule has 0 aliphatic carbocycles. The molecule has 184 valence electrons. The Morgan fingerprint density at radius 1 is 0.778 bits per heavy atom. The molecule has 0 radical (unpaired) electrons. The van der Waals surface area contributed by atoms with Gasteiger partial charge in [-0.2, -0.15) is 0 Å². The van der Waals surface area contributed by atoms with Crippen LogP contribution in [0.5, 0.6) is 0 Å². The van der Waals surface area contributed by atoms with Crippen LogP contribution in [-0.4, -0.2) is 28.5 Å². The van der Waals surface area contributed by atoms with Gasteiger partial charge in [-0.1, -0.05) is 97.4 Å². The second kappa shape index (κ2) is 12.2. The number of hydrogen-bond donors (Lipinski definition) is 3. The van der Waals surface area contributed by atoms with E-state index < -0.39 is 11.5 Å². The van der Waals surface area contributed by atoms with Crippen LogP contribution in [0.1, 0.15) is 52.9 Å². The Labute approximate surface area is 215 Å². The molecule has 1 amide bonds. The lowest BCUT2D eigenvalue weighted by molar-refractivity contribution is -0.116. The van der Waals surface area contributed by atoms with Crippen molar-refractivity contribution < 1.29 is 14.7 Å². The van der Waals surface area contributed by atoms with E-state index in [1.54, 1.807) is 0 Å². The molecule has 6 nitrogen and oxygen atoms in total. The second-order valence-electron chi connectivity index (χ2n) is 8.48. The topological polar surface area (TPSA) is 91.3 Å². The summed E-state index contributed by atoms with van der Waals surface area (Å²) in [6.07, 6.45) is 2.89. The zero-order valence-corrected chi connectivity index (χ0v) is 20.7. The van der Waals surface area contributed by atoms with E-state index in [0.29, 0.717) is 11.6 Å². The number of carbonyl (C=O) groups is 2. The lowest BCUT2D eigenvalue weighted by atomic mass is 9.77. The summed E-state index contributed by atoms with van der Waals surface area (Å²) in [7, 11) is 0. The second-order valence-corrected chi connectivity index (χ2v) is 9.33. The summed E-state index contributed by atoms with van der Waals surface area (Å²) in [6, 6.07) is 31.4. The third-order valence-electron chi connectivity index (χ3n) is 6.06. The fraction of sp³-hybridized carbons (Fsp3) is 0.207. The smallest absolute Gasteiger partial charge is 0.355 e. The average Bonchev–Trinajstić information content (AvgIpc) is 3.39. The fourth-order valence-corrected chi connectivity index (χ4v) is 5.05. The number of rotatable bonds is 12. The Balaban J connectivity index is 1.39. The van der Waals surface area contributed by atoms with E-state index in [0.717, 1.165) is 37.1 Å². The van der Waals surface area contributed by atoms with Crippen LogP contribution in [-0.2, 0) is 10.3 Å². The maximum Gasteiger partial charge on any atom is 0.355 e. The van der Waals surface area contributed by atoms with Crippen molar-refractivity contribution in [3.8, 4) is 0 Å². The highest BCUT2D eigenvalue weighted by Gasteiger charge is 2.35. The van der Waals surface area contributed by atoms with Crippen molar-refractivity contribution in [2.45, 2.75) is 31.2 Å². The number of carboxylic acids is 1. The minimum atomic E-state index is -1.10. The van der Waals surface area contributed by atoms with Crippen LogP contribution >= 0.6 is 11.3 Å². The van der Waals surface area contributed by atoms with Crippen molar-refractivity contribution in [3.05, 3.63) is 119 Å². The van der Waals surface area contributed by atoms with Gasteiger partial charge in [0.1, 0.15) is 0 Å². The summed E-state index contributed by atoms with van der Waals surface area (Å²) in [6.45, 7) is 0.773. The number of carboxylic acid groups (broad SMARTS) is 1. The molecular weight excluding hydrogens is 470 g/mol. The number of thiazole rings is 1. The van der Waals surface area contributed by atoms with E-state index in [9.17, 15) is 9.59 Å². The predicted molar refractivity (Wildman–Crippen MR) is 143 cm³/mol. The van der Waals surface area contributed by atoms with Crippen molar-refractivity contribution >= 4 is 28.3 Å². The van der Waals surface area contributed by atoms with E-state index >= 15 is 0 Å². The number of hydrogen-bond acceptors (Lipinski definition) is 5. The molecule has 0 saturated heterocycles. The number of carbonyl (C=O) groups excluding carboxylic acids is 1. The van der Waals surface area contributed by atoms with Gasteiger partial charge in [0.2, 0.25) is 5.91 Å². The molecule has 0 saturated carbocycles. The molecule has 0 aliphatic heterocycles. The van der Waals surface area contributed by atoms with Crippen molar-refractivity contribution in [1.82, 2.24) is 10.3 Å². The third-order valence-corrected chi connectivity index (χ3v) is 6.82. The molecule has 7 heteroatoms. The maximum atomic E-state index is 12.2. The summed E-state index contributed by atoms with van der Waals surface area (Å²) in [5, 5.41) is 17.2. The van der Waals surface area contributed by atoms with Crippen molar-refractivity contribution in [3.63, 3.8) is 0 Å². The molecule has 1 aromatic heterocycles. The van der Waals surface area contributed by atoms with Gasteiger partial charge in [0.25, 0.3) is 0 Å². The minimum Gasteiger partial charge on any atom is -0.476 e. The number of amides is 1. The molecule has 0 spiro atoms. The molecule has 4 rings (SSSR count). The molecule has 4 aromatic rings. The summed E-state index contributed by atoms with van der Waals surface area (Å²) in [5.74, 6) is -1.25. The molecule has 0 aliphatic rings. The van der Waals surface area contributed by atoms with Gasteiger partial charge in [-0.15, -0.1) is 11.3 Å². The quantitative estimate of drug-likeness (QED) is 0.166. The Morgan fingerprint density at radius 3 is 1.78 bits per heavy atom. The number of nitrogens with one attached hydrogen (secondary N) is 2. The summed E-state index contributed by atoms with van der Waals surface area (Å²) in [5.41, 5.74) is 2.97. The van der Waals surface area contributed by atoms with Crippen molar-refractivity contribution in [2.75, 3.05) is 11.9 Å². The highest BCUT2D eigenvalue weighted by Crippen LogP contribution is 2.36. The first kappa shape index (κ1) is 25.3. The van der Waals surface area contributed by atoms with E-state index in [4.69, 9.17) is 5.11 Å². The zero-order valence-electron chi connectivity index (χ0n) is 19.9. The van der Waals surface area contributed by atoms with Gasteiger partial charge in [-0.25, -0.2) is 9.78 Å². The molecule has 36 heavy (non-hydrogen) atoms. The average molecular weight is 500 g/mol. The third kappa shape index (κ3) is 6.05. The molecule has 3 aromatic carbocycles. The fourth-order valence-electron chi connectivity index (χ4n) is 4.35. The number of anilines is 1. The van der Waals surface area contributed by atoms with Crippen LogP contribution in [0.2, 0.25) is 0 Å². The Hall–Kier alpha value is -3.81. The Morgan fingerprint density at radius 2 is 1.31 bits per heavy atom. The Bertz CT molecular complexity index is 1160. The summed E-state index contributed by atoms with van der Waals surface area (Å²) < 4.78 is 0. The molecular formula is C29H29N3O3S. The van der Waals surface area contributed by atoms with Gasteiger partial charge in [0.05, 0.1) is 5.54 Å². The van der Waals surface area contributed by atoms with Crippen LogP contribution in [0.25, 0.3) is 0 Å². The van der Waals surface area contributed by atoms with E-state index in [1.807, 2.05) is 18.2 Å². The first-order valence-electron chi connectivity index (χ1n) is 12.0. The van der Waals surface area contributed by atoms with Crippen LogP contribution in [0, 0.1) is 0 Å². The van der Waals surface area contributed by atoms with Gasteiger partial charge in [0, 0.05) is 11.8 Å². The lowest BCUT2D eigenvalue weighted by Gasteiger charge is -2.37. The molecule has 1 heterocycles. The maximum absolute atomic E-state index is 12.2. The van der Waals surface area contributed by atoms with Crippen LogP contribution < -0.4 is 10.6 Å². The summed E-state index contributed by atoms with van der Waals surface area (Å²) >= 11 is 1.12. The largest absolute Gasteiger partial charge is 0.476 e. The zero-order chi connectivity index (χ0) is 25.2. The first-order chi connectivity index (χ1) is 17.6. The van der Waals surface area contributed by atoms with Gasteiger partial charge >= 0.3 is 5.97 Å². The van der Waals surface area contributed by atoms with Crippen molar-refractivity contribution in [2.24, 2.45) is 0 Å². The van der Waals surface area contributed by atoms with Crippen LogP contribution in [0.15, 0.2) is 96.4 Å². The van der Waals surface area contributed by atoms with Gasteiger partial charge < -0.3 is 10.4 Å². The minimum absolute atomic E-state index is 0.0555. The first-order valence-corrected chi connectivity index (χ1v) is 12.9. The molecule has 0 unspecified atom stereocenters. The number of benzene rings is 3. The van der Waals surface area contributed by atoms with Gasteiger partial charge in [-0.3, -0.25) is 10.1 Å². The van der Waals surface area contributed by atoms with E-state index in [2.05, 4.69) is 88.4 Å². The number of aromatic nitrogens is 1. The number of unbranched alkanes of at least 4 members (excludes halogenated alkanes) is 2. The van der Waals surface area contributed by atoms with E-state index in [1.165, 1.54) is 22.1 Å². The van der Waals surface area contributed by atoms with Crippen LogP contribution in [0.3, 0.4) is 0 Å². The molecule has 0 bridgehead atoms. The predicted octanol–water partition coefficient (Wildman–Crippen LogP) is 5.92. The summed E-state index contributed by atoms with van der Waals surface area (Å²) in [4.78, 5) is 27.1. The lowest BCUT2D eigenvalue weighted by Crippen LogP contribution is -2.45. The molecule has 3 N–H and O–H groups in total. The van der Waals surface area contributed by atoms with E-state index in [-0.39, 0.29) is 11.6 Å². The molecule has 0 fully saturated rings. The Kier molecular flexibility index (Phi) is 8.60. The normalized spacial score (nSPS) is 11.2. The molecule has 0 atom stereocenters. The van der Waals surface area contributed by atoms with Gasteiger partial charge in [0.15, 0.2) is 10.8 Å². The highest BCUT2D eigenvalue weighted by molar-refractivity contribution is 7.14. The number of nitrogens with zero attached hydrogens (tertiary/aromatic N) is 1. The monoisotopic (exact) mass is 499 g/mol. The highest BCUT2D eigenvalue weighted by atomic mass is 32.1. The number of aromatic carboxylic acids is 1. The standard InChI is InChI=1S/C29H29N3O3S/c33-26(32-28-31-25(21-36-28)27(34)35)19-11-4-12-20-30-29(22-13-5-1-6-14-22,23-15-7-2-8-16-23)24-17-9-3-10-18-24/h1-3,5-10,13-18,21,30H,4,11-12,19-20H2,(H,34,35)(H,31,32,33). The van der Waals surface area contributed by atoms with Gasteiger partial charge in [-0.05, 0) is 36.1 Å².